The molecular weight excluding hydrogens is 382 g/mol. The smallest absolute Gasteiger partial charge is 0.156 e. The molecule has 0 spiro atoms. The molecule has 0 bridgehead atoms. The van der Waals surface area contributed by atoms with Crippen molar-refractivity contribution in [3.8, 4) is 17.0 Å². The number of pyridine rings is 1. The molecule has 0 atom stereocenters. The Kier molecular flexibility index (Phi) is 5.13. The van der Waals surface area contributed by atoms with Crippen LogP contribution < -0.4 is 9.64 Å². The second kappa shape index (κ2) is 8.23. The van der Waals surface area contributed by atoms with Gasteiger partial charge in [-0.1, -0.05) is 67.6 Å². The van der Waals surface area contributed by atoms with Crippen molar-refractivity contribution in [3.05, 3.63) is 90.0 Å². The molecule has 0 unspecified atom stereocenters. The fourth-order valence-corrected chi connectivity index (χ4v) is 4.23. The Morgan fingerprint density at radius 3 is 2.39 bits per heavy atom. The van der Waals surface area contributed by atoms with E-state index in [1.165, 1.54) is 5.56 Å². The second-order valence-corrected chi connectivity index (χ2v) is 7.63. The van der Waals surface area contributed by atoms with Gasteiger partial charge in [-0.3, -0.25) is 4.99 Å². The first-order chi connectivity index (χ1) is 15.3. The van der Waals surface area contributed by atoms with E-state index in [9.17, 15) is 0 Å². The Hall–Kier alpha value is -3.66. The van der Waals surface area contributed by atoms with Crippen molar-refractivity contribution >= 4 is 22.4 Å². The summed E-state index contributed by atoms with van der Waals surface area (Å²) in [6.07, 6.45) is 1.03. The van der Waals surface area contributed by atoms with Crippen LogP contribution in [0.5, 0.6) is 5.75 Å². The summed E-state index contributed by atoms with van der Waals surface area (Å²) in [6.45, 7) is 3.78. The van der Waals surface area contributed by atoms with Crippen LogP contribution in [-0.2, 0) is 6.42 Å². The molecule has 2 heterocycles. The summed E-state index contributed by atoms with van der Waals surface area (Å²) in [7, 11) is 1.72. The predicted octanol–water partition coefficient (Wildman–Crippen LogP) is 5.74. The minimum absolute atomic E-state index is 0.755. The molecule has 0 fully saturated rings. The van der Waals surface area contributed by atoms with Gasteiger partial charge < -0.3 is 9.64 Å². The normalized spacial score (nSPS) is 13.5. The molecule has 5 rings (SSSR count). The Bertz CT molecular complexity index is 1250. The zero-order valence-corrected chi connectivity index (χ0v) is 17.9. The summed E-state index contributed by atoms with van der Waals surface area (Å²) >= 11 is 0. The maximum Gasteiger partial charge on any atom is 0.156 e. The number of amidine groups is 1. The lowest BCUT2D eigenvalue weighted by Crippen LogP contribution is -2.29. The average Bonchev–Trinajstić information content (AvgIpc) is 3.32. The van der Waals surface area contributed by atoms with Gasteiger partial charge in [-0.25, -0.2) is 4.98 Å². The van der Waals surface area contributed by atoms with E-state index in [1.54, 1.807) is 7.11 Å². The molecule has 4 nitrogen and oxygen atoms in total. The molecule has 0 radical (unpaired) electrons. The van der Waals surface area contributed by atoms with E-state index in [1.807, 2.05) is 30.3 Å². The number of nitrogens with zero attached hydrogens (tertiary/aromatic N) is 3. The Morgan fingerprint density at radius 2 is 1.65 bits per heavy atom. The topological polar surface area (TPSA) is 37.7 Å². The Morgan fingerprint density at radius 1 is 0.903 bits per heavy atom. The van der Waals surface area contributed by atoms with Crippen LogP contribution in [-0.4, -0.2) is 31.0 Å². The summed E-state index contributed by atoms with van der Waals surface area (Å²) in [5, 5.41) is 1.05. The Labute approximate surface area is 182 Å². The van der Waals surface area contributed by atoms with Gasteiger partial charge in [-0.05, 0) is 30.2 Å². The number of ether oxygens (including phenoxy) is 1. The number of benzene rings is 3. The number of hydrogen-bond acceptors (Lipinski definition) is 4. The summed E-state index contributed by atoms with van der Waals surface area (Å²) in [5.41, 5.74) is 6.30. The minimum atomic E-state index is 0.755. The number of rotatable bonds is 5. The van der Waals surface area contributed by atoms with Gasteiger partial charge in [0.25, 0.3) is 0 Å². The zero-order chi connectivity index (χ0) is 21.2. The summed E-state index contributed by atoms with van der Waals surface area (Å²) in [4.78, 5) is 12.2. The molecule has 0 saturated carbocycles. The van der Waals surface area contributed by atoms with E-state index in [4.69, 9.17) is 14.7 Å². The molecular formula is C27H25N3O. The van der Waals surface area contributed by atoms with Crippen LogP contribution in [0.25, 0.3) is 22.2 Å². The van der Waals surface area contributed by atoms with Crippen LogP contribution >= 0.6 is 0 Å². The monoisotopic (exact) mass is 407 g/mol. The molecule has 1 aromatic heterocycles. The molecule has 0 amide bonds. The average molecular weight is 408 g/mol. The number of aromatic nitrogens is 1. The van der Waals surface area contributed by atoms with E-state index in [0.29, 0.717) is 0 Å². The van der Waals surface area contributed by atoms with Crippen molar-refractivity contribution in [1.82, 2.24) is 4.98 Å². The SMILES string of the molecule is CCc1ccc(N2CCN=C2c2c(OC)c(-c3ccccc3)nc3ccccc23)cc1. The number of anilines is 1. The van der Waals surface area contributed by atoms with Crippen molar-refractivity contribution in [1.29, 1.82) is 0 Å². The number of para-hydroxylation sites is 1. The molecule has 31 heavy (non-hydrogen) atoms. The lowest BCUT2D eigenvalue weighted by Gasteiger charge is -2.24. The summed E-state index contributed by atoms with van der Waals surface area (Å²) in [5.74, 6) is 1.71. The Balaban J connectivity index is 1.73. The molecule has 3 aromatic carbocycles. The molecule has 154 valence electrons. The summed E-state index contributed by atoms with van der Waals surface area (Å²) in [6, 6.07) is 27.2. The van der Waals surface area contributed by atoms with Crippen LogP contribution in [0.4, 0.5) is 5.69 Å². The molecule has 0 aliphatic carbocycles. The lowest BCUT2D eigenvalue weighted by atomic mass is 10.0. The van der Waals surface area contributed by atoms with E-state index in [-0.39, 0.29) is 0 Å². The van der Waals surface area contributed by atoms with Crippen LogP contribution in [0.3, 0.4) is 0 Å². The highest BCUT2D eigenvalue weighted by Gasteiger charge is 2.28. The van der Waals surface area contributed by atoms with Gasteiger partial charge in [0.15, 0.2) is 5.75 Å². The molecule has 0 N–H and O–H groups in total. The first kappa shape index (κ1) is 19.3. The van der Waals surface area contributed by atoms with Crippen molar-refractivity contribution in [3.63, 3.8) is 0 Å². The van der Waals surface area contributed by atoms with Crippen LogP contribution in [0.1, 0.15) is 18.1 Å². The van der Waals surface area contributed by atoms with Gasteiger partial charge in [-0.2, -0.15) is 0 Å². The molecule has 4 heteroatoms. The number of fused-ring (bicyclic) bond motifs is 1. The summed E-state index contributed by atoms with van der Waals surface area (Å²) < 4.78 is 6.00. The first-order valence-electron chi connectivity index (χ1n) is 10.7. The van der Waals surface area contributed by atoms with Gasteiger partial charge >= 0.3 is 0 Å². The molecule has 1 aliphatic rings. The highest BCUT2D eigenvalue weighted by molar-refractivity contribution is 6.20. The van der Waals surface area contributed by atoms with E-state index >= 15 is 0 Å². The van der Waals surface area contributed by atoms with Gasteiger partial charge in [0.05, 0.1) is 24.7 Å². The first-order valence-corrected chi connectivity index (χ1v) is 10.7. The highest BCUT2D eigenvalue weighted by Crippen LogP contribution is 2.38. The van der Waals surface area contributed by atoms with Crippen LogP contribution in [0.2, 0.25) is 0 Å². The minimum Gasteiger partial charge on any atom is -0.494 e. The van der Waals surface area contributed by atoms with Gasteiger partial charge in [-0.15, -0.1) is 0 Å². The van der Waals surface area contributed by atoms with Crippen LogP contribution in [0.15, 0.2) is 83.9 Å². The van der Waals surface area contributed by atoms with Gasteiger partial charge in [0, 0.05) is 23.2 Å². The number of methoxy groups -OCH3 is 1. The fourth-order valence-electron chi connectivity index (χ4n) is 4.23. The van der Waals surface area contributed by atoms with E-state index in [0.717, 1.165) is 64.5 Å². The fraction of sp³-hybridized carbons (Fsp3) is 0.185. The van der Waals surface area contributed by atoms with Crippen molar-refractivity contribution < 1.29 is 4.74 Å². The van der Waals surface area contributed by atoms with E-state index in [2.05, 4.69) is 60.4 Å². The molecule has 4 aromatic rings. The third-order valence-electron chi connectivity index (χ3n) is 5.82. The molecule has 0 saturated heterocycles. The highest BCUT2D eigenvalue weighted by atomic mass is 16.5. The zero-order valence-electron chi connectivity index (χ0n) is 17.9. The van der Waals surface area contributed by atoms with Crippen molar-refractivity contribution in [2.45, 2.75) is 13.3 Å². The number of aliphatic imine (C=N–C) groups is 1. The van der Waals surface area contributed by atoms with Gasteiger partial charge in [0.2, 0.25) is 0 Å². The number of hydrogen-bond donors (Lipinski definition) is 0. The second-order valence-electron chi connectivity index (χ2n) is 7.63. The predicted molar refractivity (Wildman–Crippen MR) is 128 cm³/mol. The third-order valence-corrected chi connectivity index (χ3v) is 5.82. The van der Waals surface area contributed by atoms with E-state index < -0.39 is 0 Å². The largest absolute Gasteiger partial charge is 0.494 e. The van der Waals surface area contributed by atoms with Crippen molar-refractivity contribution in [2.24, 2.45) is 4.99 Å². The lowest BCUT2D eigenvalue weighted by molar-refractivity contribution is 0.415. The third kappa shape index (κ3) is 3.44. The van der Waals surface area contributed by atoms with Gasteiger partial charge in [0.1, 0.15) is 11.5 Å². The maximum atomic E-state index is 6.00. The molecule has 1 aliphatic heterocycles. The van der Waals surface area contributed by atoms with Crippen molar-refractivity contribution in [2.75, 3.05) is 25.1 Å². The number of aryl methyl sites for hydroxylation is 1. The van der Waals surface area contributed by atoms with Crippen LogP contribution in [0, 0.1) is 0 Å². The quantitative estimate of drug-likeness (QED) is 0.423. The maximum absolute atomic E-state index is 6.00. The standard InChI is InChI=1S/C27H25N3O/c1-3-19-13-15-21(16-14-19)30-18-17-28-27(30)24-22-11-7-8-12-23(22)29-25(26(24)31-2)20-9-5-4-6-10-20/h4-16H,3,17-18H2,1-2H3.